The number of likely N-dealkylation sites (tertiary alicyclic amines) is 1. The first kappa shape index (κ1) is 24.0. The van der Waals surface area contributed by atoms with Crippen molar-refractivity contribution in [2.24, 2.45) is 5.92 Å². The summed E-state index contributed by atoms with van der Waals surface area (Å²) in [6.45, 7) is 5.34. The maximum Gasteiger partial charge on any atom is 0.249 e. The van der Waals surface area contributed by atoms with Gasteiger partial charge in [0.15, 0.2) is 0 Å². The van der Waals surface area contributed by atoms with Crippen LogP contribution in [0.25, 0.3) is 0 Å². The molecule has 0 saturated carbocycles. The van der Waals surface area contributed by atoms with Crippen LogP contribution in [0.15, 0.2) is 72.8 Å². The van der Waals surface area contributed by atoms with Gasteiger partial charge >= 0.3 is 0 Å². The van der Waals surface area contributed by atoms with E-state index in [9.17, 15) is 14.0 Å². The van der Waals surface area contributed by atoms with Gasteiger partial charge in [0.05, 0.1) is 17.3 Å². The van der Waals surface area contributed by atoms with Crippen molar-refractivity contribution in [1.29, 1.82) is 0 Å². The molecule has 0 bridgehead atoms. The minimum atomic E-state index is -1.09. The molecule has 0 aliphatic carbocycles. The largest absolute Gasteiger partial charge is 0.384 e. The van der Waals surface area contributed by atoms with Crippen LogP contribution in [0.3, 0.4) is 0 Å². The molecule has 2 unspecified atom stereocenters. The quantitative estimate of drug-likeness (QED) is 0.450. The maximum atomic E-state index is 14.7. The van der Waals surface area contributed by atoms with E-state index in [2.05, 4.69) is 28.1 Å². The van der Waals surface area contributed by atoms with Gasteiger partial charge in [-0.15, -0.1) is 0 Å². The summed E-state index contributed by atoms with van der Waals surface area (Å²) < 4.78 is 14.7. The highest BCUT2D eigenvalue weighted by Crippen LogP contribution is 2.47. The normalized spacial score (nSPS) is 23.6. The predicted octanol–water partition coefficient (Wildman–Crippen LogP) is 5.17. The van der Waals surface area contributed by atoms with Crippen molar-refractivity contribution in [3.63, 3.8) is 0 Å². The van der Waals surface area contributed by atoms with E-state index in [1.165, 1.54) is 12.1 Å². The van der Waals surface area contributed by atoms with Crippen LogP contribution in [-0.4, -0.2) is 36.3 Å². The Morgan fingerprint density at radius 3 is 2.50 bits per heavy atom. The maximum absolute atomic E-state index is 14.7. The SMILES string of the molecule is CCNc1cc(F)cc2c1NC(=O)[C@]2(C)N1CCC(c2ccccc2)C(C(=O)Nc2ccccc2)C1. The summed E-state index contributed by atoms with van der Waals surface area (Å²) in [6.07, 6.45) is 0.699. The number of carbonyl (C=O) groups excluding carboxylic acids is 2. The van der Waals surface area contributed by atoms with Gasteiger partial charge in [-0.25, -0.2) is 4.39 Å². The number of hydrogen-bond acceptors (Lipinski definition) is 4. The highest BCUT2D eigenvalue weighted by molar-refractivity contribution is 6.08. The number of piperidine rings is 1. The first-order valence-electron chi connectivity index (χ1n) is 12.5. The molecule has 36 heavy (non-hydrogen) atoms. The number of benzene rings is 3. The first-order chi connectivity index (χ1) is 17.4. The number of halogens is 1. The molecule has 2 aliphatic rings. The average molecular weight is 487 g/mol. The molecule has 2 heterocycles. The Morgan fingerprint density at radius 2 is 1.81 bits per heavy atom. The molecule has 0 spiro atoms. The van der Waals surface area contributed by atoms with Gasteiger partial charge in [0, 0.05) is 30.9 Å². The second-order valence-electron chi connectivity index (χ2n) is 9.65. The molecule has 0 aromatic heterocycles. The molecular formula is C29H31FN4O2. The topological polar surface area (TPSA) is 73.5 Å². The van der Waals surface area contributed by atoms with E-state index >= 15 is 0 Å². The lowest BCUT2D eigenvalue weighted by Crippen LogP contribution is -2.55. The van der Waals surface area contributed by atoms with Crippen molar-refractivity contribution in [3.8, 4) is 0 Å². The fourth-order valence-electron chi connectivity index (χ4n) is 5.61. The number of nitrogens with zero attached hydrogens (tertiary/aromatic N) is 1. The van der Waals surface area contributed by atoms with E-state index in [1.54, 1.807) is 0 Å². The Labute approximate surface area is 210 Å². The van der Waals surface area contributed by atoms with Gasteiger partial charge in [-0.3, -0.25) is 14.5 Å². The smallest absolute Gasteiger partial charge is 0.249 e. The van der Waals surface area contributed by atoms with Crippen LogP contribution in [0.2, 0.25) is 0 Å². The van der Waals surface area contributed by atoms with Gasteiger partial charge < -0.3 is 16.0 Å². The van der Waals surface area contributed by atoms with Crippen molar-refractivity contribution < 1.29 is 14.0 Å². The standard InChI is InChI=1S/C29H31FN4O2/c1-3-31-25-17-20(30)16-24-26(25)33-28(36)29(24,2)34-15-14-22(19-10-6-4-7-11-19)23(18-34)27(35)32-21-12-8-5-9-13-21/h4-13,16-17,22-23,31H,3,14-15,18H2,1-2H3,(H,32,35)(H,33,36)/t22?,23?,29-/m1/s1. The van der Waals surface area contributed by atoms with Gasteiger partial charge in [-0.1, -0.05) is 48.5 Å². The van der Waals surface area contributed by atoms with Crippen LogP contribution in [0.4, 0.5) is 21.5 Å². The average Bonchev–Trinajstić information content (AvgIpc) is 3.16. The number of hydrogen-bond donors (Lipinski definition) is 3. The first-order valence-corrected chi connectivity index (χ1v) is 12.5. The van der Waals surface area contributed by atoms with E-state index in [-0.39, 0.29) is 17.7 Å². The minimum Gasteiger partial charge on any atom is -0.384 e. The minimum absolute atomic E-state index is 0.00326. The molecule has 2 amide bonds. The molecule has 1 fully saturated rings. The molecule has 5 rings (SSSR count). The van der Waals surface area contributed by atoms with Gasteiger partial charge in [0.25, 0.3) is 0 Å². The van der Waals surface area contributed by atoms with Crippen molar-refractivity contribution in [1.82, 2.24) is 4.90 Å². The fourth-order valence-corrected chi connectivity index (χ4v) is 5.61. The number of carbonyl (C=O) groups is 2. The number of rotatable bonds is 6. The lowest BCUT2D eigenvalue weighted by atomic mass is 9.77. The van der Waals surface area contributed by atoms with Crippen molar-refractivity contribution in [3.05, 3.63) is 89.7 Å². The van der Waals surface area contributed by atoms with E-state index in [0.717, 1.165) is 11.3 Å². The second kappa shape index (κ2) is 9.74. The van der Waals surface area contributed by atoms with Crippen LogP contribution in [0.5, 0.6) is 0 Å². The van der Waals surface area contributed by atoms with E-state index < -0.39 is 17.3 Å². The summed E-state index contributed by atoms with van der Waals surface area (Å²) in [6, 6.07) is 22.3. The van der Waals surface area contributed by atoms with Crippen molar-refractivity contribution in [2.45, 2.75) is 31.7 Å². The third kappa shape index (κ3) is 4.24. The summed E-state index contributed by atoms with van der Waals surface area (Å²) in [5.41, 5.74) is 2.53. The van der Waals surface area contributed by atoms with Crippen LogP contribution >= 0.6 is 0 Å². The number of nitrogens with one attached hydrogen (secondary N) is 3. The Balaban J connectivity index is 1.50. The van der Waals surface area contributed by atoms with Crippen molar-refractivity contribution in [2.75, 3.05) is 35.6 Å². The predicted molar refractivity (Wildman–Crippen MR) is 140 cm³/mol. The summed E-state index contributed by atoms with van der Waals surface area (Å²) in [4.78, 5) is 29.1. The van der Waals surface area contributed by atoms with E-state index in [1.807, 2.05) is 67.3 Å². The summed E-state index contributed by atoms with van der Waals surface area (Å²) in [5.74, 6) is -1.08. The molecular weight excluding hydrogens is 455 g/mol. The van der Waals surface area contributed by atoms with E-state index in [0.29, 0.717) is 43.0 Å². The third-order valence-electron chi connectivity index (χ3n) is 7.53. The number of amides is 2. The number of para-hydroxylation sites is 1. The molecule has 3 N–H and O–H groups in total. The van der Waals surface area contributed by atoms with Crippen molar-refractivity contribution >= 4 is 28.9 Å². The lowest BCUT2D eigenvalue weighted by molar-refractivity contribution is -0.132. The highest BCUT2D eigenvalue weighted by Gasteiger charge is 2.51. The van der Waals surface area contributed by atoms with E-state index in [4.69, 9.17) is 0 Å². The Kier molecular flexibility index (Phi) is 6.49. The van der Waals surface area contributed by atoms with Gasteiger partial charge in [0.1, 0.15) is 11.4 Å². The van der Waals surface area contributed by atoms with Crippen LogP contribution in [-0.2, 0) is 15.1 Å². The fraction of sp³-hybridized carbons (Fsp3) is 0.310. The molecule has 2 aliphatic heterocycles. The summed E-state index contributed by atoms with van der Waals surface area (Å²) in [5, 5.41) is 9.20. The molecule has 0 radical (unpaired) electrons. The summed E-state index contributed by atoms with van der Waals surface area (Å²) in [7, 11) is 0. The molecule has 6 nitrogen and oxygen atoms in total. The second-order valence-corrected chi connectivity index (χ2v) is 9.65. The van der Waals surface area contributed by atoms with Gasteiger partial charge in [-0.05, 0) is 56.0 Å². The molecule has 3 aromatic rings. The molecule has 3 atom stereocenters. The van der Waals surface area contributed by atoms with Crippen LogP contribution < -0.4 is 16.0 Å². The molecule has 7 heteroatoms. The zero-order valence-electron chi connectivity index (χ0n) is 20.6. The zero-order chi connectivity index (χ0) is 25.3. The number of fused-ring (bicyclic) bond motifs is 1. The zero-order valence-corrected chi connectivity index (χ0v) is 20.6. The number of anilines is 3. The molecule has 186 valence electrons. The Hall–Kier alpha value is -3.71. The Bertz CT molecular complexity index is 1270. The summed E-state index contributed by atoms with van der Waals surface area (Å²) >= 11 is 0. The van der Waals surface area contributed by atoms with Crippen LogP contribution in [0, 0.1) is 11.7 Å². The lowest BCUT2D eigenvalue weighted by Gasteiger charge is -2.45. The third-order valence-corrected chi connectivity index (χ3v) is 7.53. The Morgan fingerprint density at radius 1 is 1.11 bits per heavy atom. The molecule has 1 saturated heterocycles. The van der Waals surface area contributed by atoms with Gasteiger partial charge in [-0.2, -0.15) is 0 Å². The molecule has 3 aromatic carbocycles. The monoisotopic (exact) mass is 486 g/mol. The van der Waals surface area contributed by atoms with Gasteiger partial charge in [0.2, 0.25) is 11.8 Å². The highest BCUT2D eigenvalue weighted by atomic mass is 19.1. The van der Waals surface area contributed by atoms with Crippen LogP contribution in [0.1, 0.15) is 37.3 Å².